The summed E-state index contributed by atoms with van der Waals surface area (Å²) in [5.74, 6) is 0.103. The molecule has 0 aliphatic heterocycles. The van der Waals surface area contributed by atoms with Crippen molar-refractivity contribution in [2.45, 2.75) is 13.3 Å². The van der Waals surface area contributed by atoms with Gasteiger partial charge in [-0.25, -0.2) is 0 Å². The van der Waals surface area contributed by atoms with Gasteiger partial charge in [-0.2, -0.15) is 0 Å². The minimum atomic E-state index is 0.103. The van der Waals surface area contributed by atoms with Crippen LogP contribution in [0.5, 0.6) is 0 Å². The first kappa shape index (κ1) is 13.6. The van der Waals surface area contributed by atoms with Crippen molar-refractivity contribution in [3.8, 4) is 0 Å². The summed E-state index contributed by atoms with van der Waals surface area (Å²) in [5.41, 5.74) is 2.74. The van der Waals surface area contributed by atoms with Crippen LogP contribution in [0.4, 0.5) is 0 Å². The van der Waals surface area contributed by atoms with Gasteiger partial charge in [-0.1, -0.05) is 41.9 Å². The van der Waals surface area contributed by atoms with Crippen molar-refractivity contribution < 1.29 is 4.79 Å². The number of Topliss-reactive ketones (excluding diaryl/α,β-unsaturated/α-hetero) is 1. The summed E-state index contributed by atoms with van der Waals surface area (Å²) >= 11 is 8.33. The predicted octanol–water partition coefficient (Wildman–Crippen LogP) is 4.68. The van der Waals surface area contributed by atoms with E-state index < -0.39 is 0 Å². The molecule has 0 N–H and O–H groups in total. The van der Waals surface area contributed by atoms with Crippen LogP contribution in [0.1, 0.15) is 21.5 Å². The normalized spacial score (nSPS) is 10.4. The molecular formula is C15H12ClIO. The lowest BCUT2D eigenvalue weighted by molar-refractivity contribution is 0.0992. The molecule has 18 heavy (non-hydrogen) atoms. The van der Waals surface area contributed by atoms with Crippen molar-refractivity contribution in [2.24, 2.45) is 0 Å². The quantitative estimate of drug-likeness (QED) is 0.566. The minimum absolute atomic E-state index is 0.103. The number of carbonyl (C=O) groups excluding carboxylic acids is 1. The summed E-state index contributed by atoms with van der Waals surface area (Å²) in [6.45, 7) is 1.98. The van der Waals surface area contributed by atoms with E-state index >= 15 is 0 Å². The van der Waals surface area contributed by atoms with E-state index in [9.17, 15) is 4.79 Å². The molecule has 0 radical (unpaired) electrons. The second kappa shape index (κ2) is 5.85. The highest BCUT2D eigenvalue weighted by Crippen LogP contribution is 2.21. The van der Waals surface area contributed by atoms with Crippen LogP contribution in [0, 0.1) is 10.5 Å². The van der Waals surface area contributed by atoms with Crippen molar-refractivity contribution in [1.82, 2.24) is 0 Å². The van der Waals surface area contributed by atoms with Crippen LogP contribution in [0.3, 0.4) is 0 Å². The zero-order chi connectivity index (χ0) is 13.1. The summed E-state index contributed by atoms with van der Waals surface area (Å²) in [6, 6.07) is 13.4. The molecule has 0 saturated heterocycles. The smallest absolute Gasteiger partial charge is 0.168 e. The Balaban J connectivity index is 2.24. The molecule has 0 saturated carbocycles. The molecule has 0 bridgehead atoms. The topological polar surface area (TPSA) is 17.1 Å². The van der Waals surface area contributed by atoms with E-state index in [-0.39, 0.29) is 5.78 Å². The van der Waals surface area contributed by atoms with E-state index in [2.05, 4.69) is 22.6 Å². The third-order valence-corrected chi connectivity index (χ3v) is 4.03. The van der Waals surface area contributed by atoms with E-state index in [1.807, 2.05) is 49.4 Å². The Kier molecular flexibility index (Phi) is 4.40. The number of carbonyl (C=O) groups is 1. The van der Waals surface area contributed by atoms with E-state index in [0.717, 1.165) is 20.3 Å². The lowest BCUT2D eigenvalue weighted by Crippen LogP contribution is -2.06. The number of halogens is 2. The standard InChI is InChI=1S/C15H12ClIO/c1-10-6-7-11(13(16)8-10)9-15(18)12-4-2-3-5-14(12)17/h2-8H,9H2,1H3. The maximum Gasteiger partial charge on any atom is 0.168 e. The molecule has 0 aromatic heterocycles. The van der Waals surface area contributed by atoms with Crippen LogP contribution in [0.25, 0.3) is 0 Å². The van der Waals surface area contributed by atoms with Crippen LogP contribution in [-0.4, -0.2) is 5.78 Å². The first-order valence-electron chi connectivity index (χ1n) is 5.60. The van der Waals surface area contributed by atoms with Crippen LogP contribution >= 0.6 is 34.2 Å². The van der Waals surface area contributed by atoms with E-state index in [1.165, 1.54) is 0 Å². The highest BCUT2D eigenvalue weighted by molar-refractivity contribution is 14.1. The fourth-order valence-electron chi connectivity index (χ4n) is 1.75. The summed E-state index contributed by atoms with van der Waals surface area (Å²) in [6.07, 6.45) is 0.346. The van der Waals surface area contributed by atoms with Gasteiger partial charge in [-0.15, -0.1) is 0 Å². The van der Waals surface area contributed by atoms with Gasteiger partial charge in [0.15, 0.2) is 5.78 Å². The zero-order valence-corrected chi connectivity index (χ0v) is 12.8. The van der Waals surface area contributed by atoms with Crippen LogP contribution in [0.15, 0.2) is 42.5 Å². The lowest BCUT2D eigenvalue weighted by atomic mass is 10.0. The average molecular weight is 371 g/mol. The monoisotopic (exact) mass is 370 g/mol. The number of hydrogen-bond acceptors (Lipinski definition) is 1. The van der Waals surface area contributed by atoms with Crippen molar-refractivity contribution in [3.63, 3.8) is 0 Å². The van der Waals surface area contributed by atoms with Gasteiger partial charge in [0, 0.05) is 20.6 Å². The largest absolute Gasteiger partial charge is 0.294 e. The third kappa shape index (κ3) is 3.12. The highest BCUT2D eigenvalue weighted by atomic mass is 127. The molecule has 2 rings (SSSR count). The maximum absolute atomic E-state index is 12.2. The van der Waals surface area contributed by atoms with Gasteiger partial charge >= 0.3 is 0 Å². The van der Waals surface area contributed by atoms with Crippen LogP contribution < -0.4 is 0 Å². The minimum Gasteiger partial charge on any atom is -0.294 e. The van der Waals surface area contributed by atoms with Gasteiger partial charge in [-0.3, -0.25) is 4.79 Å². The Labute approximate surface area is 125 Å². The van der Waals surface area contributed by atoms with E-state index in [1.54, 1.807) is 0 Å². The Morgan fingerprint density at radius 2 is 1.94 bits per heavy atom. The maximum atomic E-state index is 12.2. The van der Waals surface area contributed by atoms with Gasteiger partial charge in [-0.05, 0) is 52.8 Å². The molecule has 0 spiro atoms. The Morgan fingerprint density at radius 3 is 2.61 bits per heavy atom. The molecule has 2 aromatic carbocycles. The predicted molar refractivity (Wildman–Crippen MR) is 83.4 cm³/mol. The number of hydrogen-bond donors (Lipinski definition) is 0. The van der Waals surface area contributed by atoms with Crippen molar-refractivity contribution >= 4 is 40.0 Å². The first-order chi connectivity index (χ1) is 8.58. The molecule has 0 aliphatic carbocycles. The molecule has 0 unspecified atom stereocenters. The summed E-state index contributed by atoms with van der Waals surface area (Å²) in [5, 5.41) is 0.661. The molecule has 1 nitrogen and oxygen atoms in total. The number of ketones is 1. The first-order valence-corrected chi connectivity index (χ1v) is 7.06. The van der Waals surface area contributed by atoms with Crippen molar-refractivity contribution in [2.75, 3.05) is 0 Å². The molecule has 0 atom stereocenters. The zero-order valence-electron chi connectivity index (χ0n) is 9.91. The number of aryl methyl sites for hydroxylation is 1. The molecule has 0 amide bonds. The van der Waals surface area contributed by atoms with Gasteiger partial charge in [0.1, 0.15) is 0 Å². The van der Waals surface area contributed by atoms with Crippen molar-refractivity contribution in [1.29, 1.82) is 0 Å². The summed E-state index contributed by atoms with van der Waals surface area (Å²) < 4.78 is 0.975. The van der Waals surface area contributed by atoms with Gasteiger partial charge in [0.05, 0.1) is 0 Å². The Bertz CT molecular complexity index is 593. The lowest BCUT2D eigenvalue weighted by Gasteiger charge is -2.06. The fraction of sp³-hybridized carbons (Fsp3) is 0.133. The van der Waals surface area contributed by atoms with E-state index in [4.69, 9.17) is 11.6 Å². The average Bonchev–Trinajstić information content (AvgIpc) is 2.33. The number of rotatable bonds is 3. The van der Waals surface area contributed by atoms with Crippen LogP contribution in [-0.2, 0) is 6.42 Å². The second-order valence-corrected chi connectivity index (χ2v) is 5.74. The molecule has 2 aromatic rings. The number of benzene rings is 2. The molecule has 0 aliphatic rings. The van der Waals surface area contributed by atoms with Crippen molar-refractivity contribution in [3.05, 3.63) is 67.7 Å². The van der Waals surface area contributed by atoms with Crippen LogP contribution in [0.2, 0.25) is 5.02 Å². The molecule has 3 heteroatoms. The van der Waals surface area contributed by atoms with E-state index in [0.29, 0.717) is 11.4 Å². The third-order valence-electron chi connectivity index (χ3n) is 2.73. The molecule has 92 valence electrons. The van der Waals surface area contributed by atoms with Gasteiger partial charge in [0.25, 0.3) is 0 Å². The fourth-order valence-corrected chi connectivity index (χ4v) is 2.74. The molecule has 0 heterocycles. The highest BCUT2D eigenvalue weighted by Gasteiger charge is 2.12. The second-order valence-electron chi connectivity index (χ2n) is 4.17. The molecule has 0 fully saturated rings. The Morgan fingerprint density at radius 1 is 1.22 bits per heavy atom. The molecular weight excluding hydrogens is 359 g/mol. The summed E-state index contributed by atoms with van der Waals surface area (Å²) in [7, 11) is 0. The summed E-state index contributed by atoms with van der Waals surface area (Å²) in [4.78, 5) is 12.2. The van der Waals surface area contributed by atoms with Gasteiger partial charge in [0.2, 0.25) is 0 Å². The Hall–Kier alpha value is -0.870. The SMILES string of the molecule is Cc1ccc(CC(=O)c2ccccc2I)c(Cl)c1. The van der Waals surface area contributed by atoms with Gasteiger partial charge < -0.3 is 0 Å².